The predicted molar refractivity (Wildman–Crippen MR) is 66.7 cm³/mol. The van der Waals surface area contributed by atoms with Crippen LogP contribution < -0.4 is 10.6 Å². The number of nitrogens with one attached hydrogen (secondary N) is 2. The van der Waals surface area contributed by atoms with Crippen molar-refractivity contribution < 1.29 is 0 Å². The molecular formula is C14H20N2. The van der Waals surface area contributed by atoms with Crippen molar-refractivity contribution in [1.29, 1.82) is 0 Å². The highest BCUT2D eigenvalue weighted by Crippen LogP contribution is 2.31. The van der Waals surface area contributed by atoms with Gasteiger partial charge in [-0.1, -0.05) is 18.2 Å². The Morgan fingerprint density at radius 2 is 1.88 bits per heavy atom. The molecule has 2 heterocycles. The van der Waals surface area contributed by atoms with Crippen LogP contribution in [-0.4, -0.2) is 19.6 Å². The van der Waals surface area contributed by atoms with Crippen LogP contribution in [0.5, 0.6) is 0 Å². The zero-order valence-corrected chi connectivity index (χ0v) is 9.76. The molecule has 2 heteroatoms. The fraction of sp³-hybridized carbons (Fsp3) is 0.571. The summed E-state index contributed by atoms with van der Waals surface area (Å²) in [7, 11) is 0. The van der Waals surface area contributed by atoms with E-state index < -0.39 is 0 Å². The van der Waals surface area contributed by atoms with E-state index in [1.807, 2.05) is 0 Å². The van der Waals surface area contributed by atoms with Gasteiger partial charge in [0.2, 0.25) is 0 Å². The van der Waals surface area contributed by atoms with Crippen molar-refractivity contribution in [2.45, 2.75) is 31.7 Å². The standard InChI is InChI=1S/C14H20N2/c1-2-12-10-16-9-6-14(12)13(3-1)11-4-7-15-8-5-11/h1-3,11,15-16H,4-10H2. The molecule has 16 heavy (non-hydrogen) atoms. The van der Waals surface area contributed by atoms with Gasteiger partial charge in [-0.25, -0.2) is 0 Å². The molecular weight excluding hydrogens is 196 g/mol. The molecule has 2 aliphatic heterocycles. The molecule has 0 spiro atoms. The van der Waals surface area contributed by atoms with E-state index in [2.05, 4.69) is 28.8 Å². The Morgan fingerprint density at radius 3 is 2.75 bits per heavy atom. The molecule has 0 saturated carbocycles. The molecule has 0 unspecified atom stereocenters. The number of benzene rings is 1. The van der Waals surface area contributed by atoms with Crippen molar-refractivity contribution in [1.82, 2.24) is 10.6 Å². The largest absolute Gasteiger partial charge is 0.317 e. The molecule has 0 aromatic heterocycles. The van der Waals surface area contributed by atoms with Gasteiger partial charge in [-0.3, -0.25) is 0 Å². The molecule has 2 aliphatic rings. The number of hydrogen-bond donors (Lipinski definition) is 2. The van der Waals surface area contributed by atoms with E-state index in [0.29, 0.717) is 0 Å². The third-order valence-electron chi connectivity index (χ3n) is 3.96. The second kappa shape index (κ2) is 4.56. The molecule has 86 valence electrons. The van der Waals surface area contributed by atoms with Gasteiger partial charge in [0.05, 0.1) is 0 Å². The molecule has 0 amide bonds. The van der Waals surface area contributed by atoms with E-state index in [1.54, 1.807) is 11.1 Å². The van der Waals surface area contributed by atoms with Gasteiger partial charge in [-0.15, -0.1) is 0 Å². The van der Waals surface area contributed by atoms with Gasteiger partial charge >= 0.3 is 0 Å². The summed E-state index contributed by atoms with van der Waals surface area (Å²) in [6.07, 6.45) is 3.84. The lowest BCUT2D eigenvalue weighted by atomic mass is 9.83. The average Bonchev–Trinajstić information content (AvgIpc) is 2.39. The summed E-state index contributed by atoms with van der Waals surface area (Å²) in [6, 6.07) is 6.88. The van der Waals surface area contributed by atoms with Crippen LogP contribution in [0.4, 0.5) is 0 Å². The predicted octanol–water partition coefficient (Wildman–Crippen LogP) is 1.80. The molecule has 1 aromatic carbocycles. The molecule has 2 N–H and O–H groups in total. The first-order valence-corrected chi connectivity index (χ1v) is 6.47. The summed E-state index contributed by atoms with van der Waals surface area (Å²) >= 11 is 0. The lowest BCUT2D eigenvalue weighted by Crippen LogP contribution is -2.29. The Balaban J connectivity index is 1.93. The molecule has 1 fully saturated rings. The molecule has 0 radical (unpaired) electrons. The van der Waals surface area contributed by atoms with Crippen LogP contribution in [0.15, 0.2) is 18.2 Å². The molecule has 0 bridgehead atoms. The molecule has 3 rings (SSSR count). The number of rotatable bonds is 1. The van der Waals surface area contributed by atoms with Crippen LogP contribution >= 0.6 is 0 Å². The number of hydrogen-bond acceptors (Lipinski definition) is 2. The van der Waals surface area contributed by atoms with Crippen molar-refractivity contribution >= 4 is 0 Å². The highest BCUT2D eigenvalue weighted by molar-refractivity contribution is 5.39. The Morgan fingerprint density at radius 1 is 1.00 bits per heavy atom. The first-order valence-electron chi connectivity index (χ1n) is 6.47. The number of fused-ring (bicyclic) bond motifs is 1. The normalized spacial score (nSPS) is 21.8. The summed E-state index contributed by atoms with van der Waals surface area (Å²) in [5, 5.41) is 6.91. The monoisotopic (exact) mass is 216 g/mol. The Bertz CT molecular complexity index is 367. The maximum Gasteiger partial charge on any atom is 0.0208 e. The molecule has 1 saturated heterocycles. The first-order chi connectivity index (χ1) is 7.95. The van der Waals surface area contributed by atoms with Crippen LogP contribution in [0.2, 0.25) is 0 Å². The lowest BCUT2D eigenvalue weighted by Gasteiger charge is -2.28. The van der Waals surface area contributed by atoms with E-state index in [1.165, 1.54) is 37.9 Å². The Kier molecular flexibility index (Phi) is 2.94. The zero-order chi connectivity index (χ0) is 10.8. The van der Waals surface area contributed by atoms with Gasteiger partial charge < -0.3 is 10.6 Å². The van der Waals surface area contributed by atoms with Gasteiger partial charge in [0.15, 0.2) is 0 Å². The van der Waals surface area contributed by atoms with Gasteiger partial charge in [0.25, 0.3) is 0 Å². The van der Waals surface area contributed by atoms with Crippen LogP contribution in [0.1, 0.15) is 35.4 Å². The highest BCUT2D eigenvalue weighted by atomic mass is 14.9. The smallest absolute Gasteiger partial charge is 0.0208 e. The lowest BCUT2D eigenvalue weighted by molar-refractivity contribution is 0.456. The van der Waals surface area contributed by atoms with E-state index in [9.17, 15) is 0 Å². The minimum Gasteiger partial charge on any atom is -0.317 e. The Hall–Kier alpha value is -0.860. The van der Waals surface area contributed by atoms with Crippen molar-refractivity contribution in [2.75, 3.05) is 19.6 Å². The van der Waals surface area contributed by atoms with E-state index in [0.717, 1.165) is 19.0 Å². The number of piperidine rings is 1. The minimum absolute atomic E-state index is 0.800. The maximum absolute atomic E-state index is 3.46. The molecule has 1 aromatic rings. The van der Waals surface area contributed by atoms with Gasteiger partial charge in [0.1, 0.15) is 0 Å². The summed E-state index contributed by atoms with van der Waals surface area (Å²) in [5.41, 5.74) is 4.82. The fourth-order valence-corrected chi connectivity index (χ4v) is 3.08. The Labute approximate surface area is 97.4 Å². The summed E-state index contributed by atoms with van der Waals surface area (Å²) in [6.45, 7) is 4.59. The third kappa shape index (κ3) is 1.87. The van der Waals surface area contributed by atoms with E-state index in [4.69, 9.17) is 0 Å². The van der Waals surface area contributed by atoms with Crippen LogP contribution in [0, 0.1) is 0 Å². The van der Waals surface area contributed by atoms with Gasteiger partial charge in [0, 0.05) is 6.54 Å². The first kappa shape index (κ1) is 10.3. The van der Waals surface area contributed by atoms with Crippen LogP contribution in [0.25, 0.3) is 0 Å². The van der Waals surface area contributed by atoms with Crippen LogP contribution in [-0.2, 0) is 13.0 Å². The molecule has 2 nitrogen and oxygen atoms in total. The van der Waals surface area contributed by atoms with E-state index in [-0.39, 0.29) is 0 Å². The maximum atomic E-state index is 3.46. The highest BCUT2D eigenvalue weighted by Gasteiger charge is 2.20. The van der Waals surface area contributed by atoms with Crippen molar-refractivity contribution in [3.05, 3.63) is 34.9 Å². The fourth-order valence-electron chi connectivity index (χ4n) is 3.08. The second-order valence-corrected chi connectivity index (χ2v) is 4.94. The second-order valence-electron chi connectivity index (χ2n) is 4.94. The SMILES string of the molecule is c1cc2c(c(C3CCNCC3)c1)CCNC2. The minimum atomic E-state index is 0.800. The summed E-state index contributed by atoms with van der Waals surface area (Å²) < 4.78 is 0. The quantitative estimate of drug-likeness (QED) is 0.748. The van der Waals surface area contributed by atoms with Gasteiger partial charge in [-0.05, 0) is 61.5 Å². The molecule has 0 atom stereocenters. The van der Waals surface area contributed by atoms with Crippen molar-refractivity contribution in [3.63, 3.8) is 0 Å². The average molecular weight is 216 g/mol. The van der Waals surface area contributed by atoms with Crippen molar-refractivity contribution in [2.24, 2.45) is 0 Å². The van der Waals surface area contributed by atoms with Crippen LogP contribution in [0.3, 0.4) is 0 Å². The summed E-state index contributed by atoms with van der Waals surface area (Å²) in [4.78, 5) is 0. The van der Waals surface area contributed by atoms with Crippen molar-refractivity contribution in [3.8, 4) is 0 Å². The topological polar surface area (TPSA) is 24.1 Å². The zero-order valence-electron chi connectivity index (χ0n) is 9.76. The van der Waals surface area contributed by atoms with E-state index >= 15 is 0 Å². The third-order valence-corrected chi connectivity index (χ3v) is 3.96. The summed E-state index contributed by atoms with van der Waals surface area (Å²) in [5.74, 6) is 0.800. The van der Waals surface area contributed by atoms with Gasteiger partial charge in [-0.2, -0.15) is 0 Å². The molecule has 0 aliphatic carbocycles.